The number of furan rings is 1. The molecular formula is C17H20N2O5S. The third kappa shape index (κ3) is 3.58. The van der Waals surface area contributed by atoms with E-state index < -0.39 is 23.2 Å². The number of nitrogens with zero attached hydrogens (tertiary/aromatic N) is 2. The van der Waals surface area contributed by atoms with Gasteiger partial charge in [-0.15, -0.1) is 0 Å². The van der Waals surface area contributed by atoms with Crippen molar-refractivity contribution < 1.29 is 23.5 Å². The largest absolute Gasteiger partial charge is 0.464 e. The summed E-state index contributed by atoms with van der Waals surface area (Å²) < 4.78 is 10.6. The van der Waals surface area contributed by atoms with Crippen molar-refractivity contribution in [2.75, 3.05) is 24.6 Å². The summed E-state index contributed by atoms with van der Waals surface area (Å²) in [7, 11) is 0. The van der Waals surface area contributed by atoms with Crippen LogP contribution in [0.3, 0.4) is 0 Å². The highest BCUT2D eigenvalue weighted by Crippen LogP contribution is 2.34. The molecule has 2 fully saturated rings. The van der Waals surface area contributed by atoms with Gasteiger partial charge in [0.2, 0.25) is 0 Å². The van der Waals surface area contributed by atoms with Crippen LogP contribution in [0.1, 0.15) is 32.4 Å². The zero-order chi connectivity index (χ0) is 18.0. The Labute approximate surface area is 150 Å². The minimum atomic E-state index is -0.949. The number of ether oxygens (including phenoxy) is 1. The first-order valence-corrected chi connectivity index (χ1v) is 9.11. The number of anilines is 1. The van der Waals surface area contributed by atoms with Crippen molar-refractivity contribution in [3.8, 4) is 0 Å². The molecule has 2 aliphatic rings. The number of carbonyl (C=O) groups is 3. The van der Waals surface area contributed by atoms with E-state index in [0.717, 1.165) is 48.5 Å². The summed E-state index contributed by atoms with van der Waals surface area (Å²) in [6.45, 7) is 5.27. The van der Waals surface area contributed by atoms with Crippen LogP contribution in [0.4, 0.5) is 10.7 Å². The van der Waals surface area contributed by atoms with Gasteiger partial charge in [-0.1, -0.05) is 0 Å². The second-order valence-electron chi connectivity index (χ2n) is 5.85. The van der Waals surface area contributed by atoms with E-state index in [1.165, 1.54) is 6.92 Å². The summed E-state index contributed by atoms with van der Waals surface area (Å²) in [6.07, 6.45) is 3.82. The van der Waals surface area contributed by atoms with Crippen LogP contribution in [-0.2, 0) is 14.3 Å². The fourth-order valence-electron chi connectivity index (χ4n) is 2.84. The van der Waals surface area contributed by atoms with Crippen molar-refractivity contribution in [2.45, 2.75) is 32.7 Å². The maximum atomic E-state index is 12.5. The van der Waals surface area contributed by atoms with E-state index in [0.29, 0.717) is 5.76 Å². The van der Waals surface area contributed by atoms with Gasteiger partial charge in [0.05, 0.1) is 11.5 Å². The molecular weight excluding hydrogens is 344 g/mol. The molecule has 2 saturated heterocycles. The summed E-state index contributed by atoms with van der Waals surface area (Å²) >= 11 is 0.799. The molecule has 0 N–H and O–H groups in total. The lowest BCUT2D eigenvalue weighted by Crippen LogP contribution is -2.42. The summed E-state index contributed by atoms with van der Waals surface area (Å²) in [5.41, 5.74) is 0. The molecule has 3 rings (SSSR count). The van der Waals surface area contributed by atoms with Crippen LogP contribution in [0.25, 0.3) is 6.08 Å². The van der Waals surface area contributed by atoms with Gasteiger partial charge in [0, 0.05) is 25.2 Å². The third-order valence-electron chi connectivity index (χ3n) is 4.14. The Morgan fingerprint density at radius 1 is 1.36 bits per heavy atom. The Balaban J connectivity index is 1.75. The number of amides is 2. The fraction of sp³-hybridized carbons (Fsp3) is 0.471. The minimum absolute atomic E-state index is 0.195. The topological polar surface area (TPSA) is 80.1 Å². The van der Waals surface area contributed by atoms with Gasteiger partial charge in [-0.05, 0) is 44.5 Å². The van der Waals surface area contributed by atoms with Crippen LogP contribution in [0, 0.1) is 0 Å². The minimum Gasteiger partial charge on any atom is -0.464 e. The van der Waals surface area contributed by atoms with Crippen molar-refractivity contribution in [3.63, 3.8) is 0 Å². The second kappa shape index (κ2) is 7.35. The van der Waals surface area contributed by atoms with Crippen LogP contribution in [0.2, 0.25) is 0 Å². The summed E-state index contributed by atoms with van der Waals surface area (Å²) in [5, 5.41) is -0.483. The fourth-order valence-corrected chi connectivity index (χ4v) is 3.73. The van der Waals surface area contributed by atoms with Crippen LogP contribution in [0.15, 0.2) is 21.5 Å². The molecule has 0 spiro atoms. The second-order valence-corrected chi connectivity index (χ2v) is 6.84. The van der Waals surface area contributed by atoms with Gasteiger partial charge >= 0.3 is 5.97 Å². The molecule has 1 aromatic heterocycles. The first-order valence-electron chi connectivity index (χ1n) is 8.29. The lowest BCUT2D eigenvalue weighted by Gasteiger charge is -2.19. The van der Waals surface area contributed by atoms with E-state index in [-0.39, 0.29) is 11.5 Å². The van der Waals surface area contributed by atoms with Gasteiger partial charge in [-0.3, -0.25) is 14.5 Å². The summed E-state index contributed by atoms with van der Waals surface area (Å²) in [4.78, 5) is 39.7. The van der Waals surface area contributed by atoms with Gasteiger partial charge in [0.15, 0.2) is 5.88 Å². The van der Waals surface area contributed by atoms with Gasteiger partial charge in [-0.25, -0.2) is 4.79 Å². The molecule has 0 aliphatic carbocycles. The Hall–Kier alpha value is -2.22. The molecule has 0 radical (unpaired) electrons. The van der Waals surface area contributed by atoms with Crippen molar-refractivity contribution in [1.29, 1.82) is 0 Å². The van der Waals surface area contributed by atoms with Crippen LogP contribution < -0.4 is 4.90 Å². The molecule has 0 saturated carbocycles. The van der Waals surface area contributed by atoms with E-state index in [1.54, 1.807) is 19.1 Å². The van der Waals surface area contributed by atoms with Crippen molar-refractivity contribution >= 4 is 40.8 Å². The normalized spacial score (nSPS) is 20.6. The average Bonchev–Trinajstić information content (AvgIpc) is 3.29. The van der Waals surface area contributed by atoms with Gasteiger partial charge in [-0.2, -0.15) is 0 Å². The molecule has 2 amide bonds. The standard InChI is InChI=1S/C17H20N2O5S/c1-3-23-16(21)11(2)19-15(20)13(25-17(19)22)10-12-6-7-14(24-12)18-8-4-5-9-18/h6-7,10-11H,3-5,8-9H2,1-2H3/b13-10+. The van der Waals surface area contributed by atoms with Crippen LogP contribution in [0.5, 0.6) is 0 Å². The SMILES string of the molecule is CCOC(=O)C(C)N1C(=O)S/C(=C/c2ccc(N3CCCC3)o2)C1=O. The highest BCUT2D eigenvalue weighted by Gasteiger charge is 2.41. The van der Waals surface area contributed by atoms with Gasteiger partial charge < -0.3 is 14.1 Å². The zero-order valence-electron chi connectivity index (χ0n) is 14.2. The predicted octanol–water partition coefficient (Wildman–Crippen LogP) is 2.87. The number of imide groups is 1. The highest BCUT2D eigenvalue weighted by molar-refractivity contribution is 8.18. The smallest absolute Gasteiger partial charge is 0.329 e. The van der Waals surface area contributed by atoms with Crippen molar-refractivity contribution in [2.24, 2.45) is 0 Å². The molecule has 0 bridgehead atoms. The maximum absolute atomic E-state index is 12.5. The number of rotatable bonds is 5. The number of hydrogen-bond donors (Lipinski definition) is 0. The quantitative estimate of drug-likeness (QED) is 0.587. The molecule has 25 heavy (non-hydrogen) atoms. The number of carbonyl (C=O) groups excluding carboxylic acids is 3. The Bertz CT molecular complexity index is 720. The summed E-state index contributed by atoms with van der Waals surface area (Å²) in [5.74, 6) is 0.175. The van der Waals surface area contributed by atoms with Crippen LogP contribution in [-0.4, -0.2) is 47.8 Å². The molecule has 8 heteroatoms. The maximum Gasteiger partial charge on any atom is 0.329 e. The Kier molecular flexibility index (Phi) is 5.17. The Morgan fingerprint density at radius 2 is 2.08 bits per heavy atom. The molecule has 2 aliphatic heterocycles. The van der Waals surface area contributed by atoms with E-state index in [4.69, 9.17) is 9.15 Å². The summed E-state index contributed by atoms with van der Waals surface area (Å²) in [6, 6.07) is 2.69. The monoisotopic (exact) mass is 364 g/mol. The molecule has 1 unspecified atom stereocenters. The van der Waals surface area contributed by atoms with E-state index >= 15 is 0 Å². The van der Waals surface area contributed by atoms with Gasteiger partial charge in [0.25, 0.3) is 11.1 Å². The number of esters is 1. The molecule has 3 heterocycles. The van der Waals surface area contributed by atoms with E-state index in [1.807, 2.05) is 6.07 Å². The number of thioether (sulfide) groups is 1. The lowest BCUT2D eigenvalue weighted by atomic mass is 10.3. The molecule has 1 atom stereocenters. The molecule has 134 valence electrons. The molecule has 7 nitrogen and oxygen atoms in total. The van der Waals surface area contributed by atoms with Gasteiger partial charge in [0.1, 0.15) is 11.8 Å². The van der Waals surface area contributed by atoms with Crippen molar-refractivity contribution in [1.82, 2.24) is 4.90 Å². The van der Waals surface area contributed by atoms with E-state index in [9.17, 15) is 14.4 Å². The third-order valence-corrected chi connectivity index (χ3v) is 5.03. The lowest BCUT2D eigenvalue weighted by molar-refractivity contribution is -0.150. The number of hydrogen-bond acceptors (Lipinski definition) is 7. The molecule has 0 aromatic carbocycles. The van der Waals surface area contributed by atoms with Crippen LogP contribution >= 0.6 is 11.8 Å². The highest BCUT2D eigenvalue weighted by atomic mass is 32.2. The predicted molar refractivity (Wildman–Crippen MR) is 94.1 cm³/mol. The van der Waals surface area contributed by atoms with Crippen molar-refractivity contribution in [3.05, 3.63) is 22.8 Å². The average molecular weight is 364 g/mol. The zero-order valence-corrected chi connectivity index (χ0v) is 15.0. The van der Waals surface area contributed by atoms with E-state index in [2.05, 4.69) is 4.90 Å². The Morgan fingerprint density at radius 3 is 2.76 bits per heavy atom. The first-order chi connectivity index (χ1) is 12.0. The first kappa shape index (κ1) is 17.6. The molecule has 1 aromatic rings.